The summed E-state index contributed by atoms with van der Waals surface area (Å²) in [6.45, 7) is -1.39. The van der Waals surface area contributed by atoms with Crippen molar-refractivity contribution in [2.75, 3.05) is 11.6 Å². The Morgan fingerprint density at radius 3 is 2.52 bits per heavy atom. The second-order valence-corrected chi connectivity index (χ2v) is 6.75. The van der Waals surface area contributed by atoms with E-state index in [4.69, 9.17) is 4.74 Å². The van der Waals surface area contributed by atoms with Crippen LogP contribution < -0.4 is 15.2 Å². The van der Waals surface area contributed by atoms with Gasteiger partial charge in [0.15, 0.2) is 6.61 Å². The van der Waals surface area contributed by atoms with Crippen molar-refractivity contribution in [1.29, 1.82) is 0 Å². The van der Waals surface area contributed by atoms with Crippen LogP contribution in [0.2, 0.25) is 0 Å². The average Bonchev–Trinajstić information content (AvgIpc) is 3.22. The van der Waals surface area contributed by atoms with Crippen LogP contribution in [0.3, 0.4) is 0 Å². The molecule has 0 amide bonds. The molecule has 0 saturated carbocycles. The van der Waals surface area contributed by atoms with E-state index in [0.29, 0.717) is 12.1 Å². The van der Waals surface area contributed by atoms with Gasteiger partial charge in [-0.15, -0.1) is 0 Å². The Morgan fingerprint density at radius 2 is 1.81 bits per heavy atom. The summed E-state index contributed by atoms with van der Waals surface area (Å²) < 4.78 is 57.2. The molecule has 1 aliphatic rings. The van der Waals surface area contributed by atoms with Gasteiger partial charge in [0.05, 0.1) is 11.4 Å². The van der Waals surface area contributed by atoms with Crippen LogP contribution >= 0.6 is 0 Å². The molecule has 1 unspecified atom stereocenters. The zero-order chi connectivity index (χ0) is 22.0. The Bertz CT molecular complexity index is 1160. The number of halogens is 4. The van der Waals surface area contributed by atoms with Crippen LogP contribution in [-0.2, 0) is 0 Å². The van der Waals surface area contributed by atoms with E-state index in [1.165, 1.54) is 52.3 Å². The van der Waals surface area contributed by atoms with Gasteiger partial charge in [0.2, 0.25) is 5.43 Å². The van der Waals surface area contributed by atoms with E-state index in [1.54, 1.807) is 24.4 Å². The SMILES string of the molecule is O=c1ccn(-c2ccc(OCC(F)(F)F)cc2)nc1C1CC=NN1c1ccccc1F. The number of ether oxygens (including phenoxy) is 1. The molecule has 4 rings (SSSR count). The minimum absolute atomic E-state index is 0.0530. The lowest BCUT2D eigenvalue weighted by atomic mass is 10.1. The molecule has 6 nitrogen and oxygen atoms in total. The Labute approximate surface area is 174 Å². The molecule has 0 spiro atoms. The summed E-state index contributed by atoms with van der Waals surface area (Å²) in [6, 6.07) is 12.6. The van der Waals surface area contributed by atoms with Crippen molar-refractivity contribution in [3.8, 4) is 11.4 Å². The lowest BCUT2D eigenvalue weighted by Gasteiger charge is -2.23. The van der Waals surface area contributed by atoms with Crippen LogP contribution in [-0.4, -0.2) is 28.8 Å². The van der Waals surface area contributed by atoms with Gasteiger partial charge in [-0.25, -0.2) is 9.07 Å². The Kier molecular flexibility index (Phi) is 5.45. The highest BCUT2D eigenvalue weighted by Gasteiger charge is 2.30. The molecule has 0 aliphatic carbocycles. The van der Waals surface area contributed by atoms with Gasteiger partial charge in [-0.05, 0) is 36.4 Å². The molecule has 0 bridgehead atoms. The van der Waals surface area contributed by atoms with Crippen molar-refractivity contribution in [1.82, 2.24) is 9.78 Å². The molecule has 1 aliphatic heterocycles. The van der Waals surface area contributed by atoms with Crippen LogP contribution in [0.1, 0.15) is 18.2 Å². The third-order valence-electron chi connectivity index (χ3n) is 4.58. The first kappa shape index (κ1) is 20.6. The first-order valence-electron chi connectivity index (χ1n) is 9.28. The van der Waals surface area contributed by atoms with Crippen LogP contribution in [0.15, 0.2) is 70.7 Å². The van der Waals surface area contributed by atoms with Crippen molar-refractivity contribution in [2.45, 2.75) is 18.6 Å². The van der Waals surface area contributed by atoms with Gasteiger partial charge in [0.1, 0.15) is 23.3 Å². The van der Waals surface area contributed by atoms with Crippen LogP contribution in [0.25, 0.3) is 5.69 Å². The fourth-order valence-electron chi connectivity index (χ4n) is 3.17. The fourth-order valence-corrected chi connectivity index (χ4v) is 3.17. The van der Waals surface area contributed by atoms with E-state index in [2.05, 4.69) is 10.2 Å². The van der Waals surface area contributed by atoms with Gasteiger partial charge >= 0.3 is 6.18 Å². The molecule has 0 saturated heterocycles. The topological polar surface area (TPSA) is 59.7 Å². The first-order chi connectivity index (χ1) is 14.8. The predicted octanol–water partition coefficient (Wildman–Crippen LogP) is 4.25. The van der Waals surface area contributed by atoms with Crippen molar-refractivity contribution in [3.63, 3.8) is 0 Å². The molecule has 2 heterocycles. The number of para-hydroxylation sites is 1. The lowest BCUT2D eigenvalue weighted by molar-refractivity contribution is -0.153. The van der Waals surface area contributed by atoms with Gasteiger partial charge in [-0.2, -0.15) is 23.4 Å². The predicted molar refractivity (Wildman–Crippen MR) is 106 cm³/mol. The molecule has 10 heteroatoms. The van der Waals surface area contributed by atoms with E-state index in [-0.39, 0.29) is 22.6 Å². The molecule has 160 valence electrons. The maximum Gasteiger partial charge on any atom is 0.422 e. The van der Waals surface area contributed by atoms with Crippen molar-refractivity contribution in [3.05, 3.63) is 82.5 Å². The van der Waals surface area contributed by atoms with Crippen LogP contribution in [0, 0.1) is 5.82 Å². The van der Waals surface area contributed by atoms with Crippen LogP contribution in [0.5, 0.6) is 5.75 Å². The third kappa shape index (κ3) is 4.57. The molecule has 31 heavy (non-hydrogen) atoms. The number of benzene rings is 2. The minimum atomic E-state index is -4.43. The fraction of sp³-hybridized carbons (Fsp3) is 0.190. The summed E-state index contributed by atoms with van der Waals surface area (Å²) in [4.78, 5) is 12.5. The second-order valence-electron chi connectivity index (χ2n) is 6.75. The Morgan fingerprint density at radius 1 is 1.06 bits per heavy atom. The number of nitrogens with zero attached hydrogens (tertiary/aromatic N) is 4. The second kappa shape index (κ2) is 8.21. The molecule has 0 N–H and O–H groups in total. The van der Waals surface area contributed by atoms with Crippen LogP contribution in [0.4, 0.5) is 23.2 Å². The first-order valence-corrected chi connectivity index (χ1v) is 9.28. The molecule has 1 atom stereocenters. The van der Waals surface area contributed by atoms with Crippen molar-refractivity contribution in [2.24, 2.45) is 5.10 Å². The Hall–Kier alpha value is -3.69. The standard InChI is InChI=1S/C21H16F4N4O2/c22-16-3-1-2-4-17(16)29-18(9-11-26-29)20-19(30)10-12-28(27-20)14-5-7-15(8-6-14)31-13-21(23,24)25/h1-8,10-12,18H,9,13H2. The van der Waals surface area contributed by atoms with Gasteiger partial charge < -0.3 is 4.74 Å². The molecular weight excluding hydrogens is 416 g/mol. The van der Waals surface area contributed by atoms with E-state index in [1.807, 2.05) is 0 Å². The number of hydrogen-bond donors (Lipinski definition) is 0. The summed E-state index contributed by atoms with van der Waals surface area (Å²) >= 11 is 0. The number of rotatable bonds is 5. The van der Waals surface area contributed by atoms with E-state index < -0.39 is 24.6 Å². The van der Waals surface area contributed by atoms with Gasteiger partial charge in [-0.3, -0.25) is 9.80 Å². The largest absolute Gasteiger partial charge is 0.484 e. The lowest BCUT2D eigenvalue weighted by Crippen LogP contribution is -2.28. The number of hydrazone groups is 1. The molecule has 0 radical (unpaired) electrons. The zero-order valence-corrected chi connectivity index (χ0v) is 16.0. The van der Waals surface area contributed by atoms with Gasteiger partial charge in [0.25, 0.3) is 0 Å². The maximum atomic E-state index is 14.2. The quantitative estimate of drug-likeness (QED) is 0.566. The summed E-state index contributed by atoms with van der Waals surface area (Å²) in [5.74, 6) is -0.422. The van der Waals surface area contributed by atoms with Crippen molar-refractivity contribution >= 4 is 11.9 Å². The zero-order valence-electron chi connectivity index (χ0n) is 16.0. The number of alkyl halides is 3. The molecule has 1 aromatic heterocycles. The highest BCUT2D eigenvalue weighted by Crippen LogP contribution is 2.32. The molecule has 0 fully saturated rings. The molecular formula is C21H16F4N4O2. The maximum absolute atomic E-state index is 14.2. The monoisotopic (exact) mass is 432 g/mol. The summed E-state index contributed by atoms with van der Waals surface area (Å²) in [6.07, 6.45) is -1.03. The highest BCUT2D eigenvalue weighted by molar-refractivity contribution is 5.67. The summed E-state index contributed by atoms with van der Waals surface area (Å²) in [5, 5.41) is 9.99. The van der Waals surface area contributed by atoms with Gasteiger partial charge in [0, 0.05) is 24.9 Å². The van der Waals surface area contributed by atoms with Gasteiger partial charge in [-0.1, -0.05) is 12.1 Å². The molecule has 3 aromatic rings. The summed E-state index contributed by atoms with van der Waals surface area (Å²) in [7, 11) is 0. The highest BCUT2D eigenvalue weighted by atomic mass is 19.4. The number of hydrogen-bond acceptors (Lipinski definition) is 5. The smallest absolute Gasteiger partial charge is 0.422 e. The molecule has 2 aromatic carbocycles. The normalized spacial score (nSPS) is 16.0. The third-order valence-corrected chi connectivity index (χ3v) is 4.58. The number of anilines is 1. The van der Waals surface area contributed by atoms with E-state index >= 15 is 0 Å². The van der Waals surface area contributed by atoms with Crippen molar-refractivity contribution < 1.29 is 22.3 Å². The number of aromatic nitrogens is 2. The minimum Gasteiger partial charge on any atom is -0.484 e. The average molecular weight is 432 g/mol. The Balaban J connectivity index is 1.61. The summed E-state index contributed by atoms with van der Waals surface area (Å²) in [5.41, 5.74) is 0.569. The van der Waals surface area contributed by atoms with E-state index in [9.17, 15) is 22.4 Å². The van der Waals surface area contributed by atoms with E-state index in [0.717, 1.165) is 0 Å².